The number of nitriles is 1. The van der Waals surface area contributed by atoms with Crippen LogP contribution in [0.4, 0.5) is 0 Å². The summed E-state index contributed by atoms with van der Waals surface area (Å²) in [6, 6.07) is 1.87. The third kappa shape index (κ3) is 3.75. The van der Waals surface area contributed by atoms with Gasteiger partial charge in [0, 0.05) is 19.0 Å². The summed E-state index contributed by atoms with van der Waals surface area (Å²) in [5.74, 6) is 0.0939. The van der Waals surface area contributed by atoms with Crippen molar-refractivity contribution in [1.29, 1.82) is 5.26 Å². The minimum Gasteiger partial charge on any atom is -0.212 e. The summed E-state index contributed by atoms with van der Waals surface area (Å²) in [5.41, 5.74) is 0. The maximum Gasteiger partial charge on any atom is 0.214 e. The number of hydrogen-bond donors (Lipinski definition) is 0. The fourth-order valence-electron chi connectivity index (χ4n) is 1.04. The lowest BCUT2D eigenvalue weighted by atomic mass is 10.3. The zero-order valence-electron chi connectivity index (χ0n) is 8.32. The van der Waals surface area contributed by atoms with Crippen LogP contribution in [0.15, 0.2) is 0 Å². The number of nitrogens with zero attached hydrogens (tertiary/aromatic N) is 2. The lowest BCUT2D eigenvalue weighted by molar-refractivity contribution is 0.361. The molecule has 0 N–H and O–H groups in total. The molecule has 0 saturated carbocycles. The van der Waals surface area contributed by atoms with Gasteiger partial charge in [-0.3, -0.25) is 0 Å². The van der Waals surface area contributed by atoms with E-state index in [0.29, 0.717) is 6.54 Å². The molecule has 0 bridgehead atoms. The second-order valence-corrected chi connectivity index (χ2v) is 5.22. The first-order valence-corrected chi connectivity index (χ1v) is 5.93. The van der Waals surface area contributed by atoms with Crippen molar-refractivity contribution >= 4 is 10.0 Å². The predicted molar refractivity (Wildman–Crippen MR) is 51.5 cm³/mol. The average Bonchev–Trinajstić information content (AvgIpc) is 2.04. The van der Waals surface area contributed by atoms with E-state index in [2.05, 4.69) is 0 Å². The smallest absolute Gasteiger partial charge is 0.212 e. The van der Waals surface area contributed by atoms with Gasteiger partial charge in [-0.25, -0.2) is 8.42 Å². The molecule has 0 unspecified atom stereocenters. The molecule has 0 saturated heterocycles. The van der Waals surface area contributed by atoms with Gasteiger partial charge in [-0.2, -0.15) is 9.57 Å². The molecule has 0 spiro atoms. The van der Waals surface area contributed by atoms with E-state index < -0.39 is 10.0 Å². The van der Waals surface area contributed by atoms with E-state index in [1.54, 1.807) is 6.92 Å². The summed E-state index contributed by atoms with van der Waals surface area (Å²) in [4.78, 5) is 0. The van der Waals surface area contributed by atoms with E-state index in [9.17, 15) is 8.42 Å². The van der Waals surface area contributed by atoms with Crippen molar-refractivity contribution < 1.29 is 8.42 Å². The largest absolute Gasteiger partial charge is 0.214 e. The molecule has 5 heteroatoms. The molecule has 0 rings (SSSR count). The third-order valence-corrected chi connectivity index (χ3v) is 3.79. The molecule has 0 aliphatic rings. The highest BCUT2D eigenvalue weighted by Crippen LogP contribution is 2.07. The molecule has 0 amide bonds. The summed E-state index contributed by atoms with van der Waals surface area (Å²) >= 11 is 0. The van der Waals surface area contributed by atoms with Crippen molar-refractivity contribution in [3.05, 3.63) is 0 Å². The lowest BCUT2D eigenvalue weighted by Gasteiger charge is -2.23. The number of sulfonamides is 1. The normalized spacial score (nSPS) is 12.0. The number of rotatable bonds is 5. The van der Waals surface area contributed by atoms with Crippen LogP contribution in [0.5, 0.6) is 0 Å². The van der Waals surface area contributed by atoms with Crippen LogP contribution in [0.1, 0.15) is 27.2 Å². The third-order valence-electron chi connectivity index (χ3n) is 1.74. The van der Waals surface area contributed by atoms with Gasteiger partial charge in [-0.05, 0) is 20.8 Å². The molecule has 0 aliphatic carbocycles. The average molecular weight is 204 g/mol. The van der Waals surface area contributed by atoms with Gasteiger partial charge in [-0.1, -0.05) is 0 Å². The Bertz CT molecular complexity index is 277. The first-order valence-electron chi connectivity index (χ1n) is 4.32. The van der Waals surface area contributed by atoms with Gasteiger partial charge in [0.1, 0.15) is 0 Å². The molecule has 0 heterocycles. The van der Waals surface area contributed by atoms with Gasteiger partial charge in [0.2, 0.25) is 10.0 Å². The molecular formula is C8H16N2O2S. The van der Waals surface area contributed by atoms with Crippen LogP contribution >= 0.6 is 0 Å². The molecule has 0 aliphatic heterocycles. The summed E-state index contributed by atoms with van der Waals surface area (Å²) in [6.07, 6.45) is 0.247. The fourth-order valence-corrected chi connectivity index (χ4v) is 2.39. The summed E-state index contributed by atoms with van der Waals surface area (Å²) in [5, 5.41) is 8.36. The van der Waals surface area contributed by atoms with Crippen LogP contribution in [0.2, 0.25) is 0 Å². The van der Waals surface area contributed by atoms with Crippen molar-refractivity contribution in [3.8, 4) is 6.07 Å². The van der Waals surface area contributed by atoms with Gasteiger partial charge in [0.25, 0.3) is 0 Å². The standard InChI is InChI=1S/C8H16N2O2S/c1-4-13(11,12)10(8(2)3)7-5-6-9/h8H,4-5,7H2,1-3H3. The zero-order chi connectivity index (χ0) is 10.5. The van der Waals surface area contributed by atoms with E-state index in [1.807, 2.05) is 19.9 Å². The van der Waals surface area contributed by atoms with E-state index in [4.69, 9.17) is 5.26 Å². The van der Waals surface area contributed by atoms with E-state index >= 15 is 0 Å². The highest BCUT2D eigenvalue weighted by Gasteiger charge is 2.21. The molecule has 4 nitrogen and oxygen atoms in total. The summed E-state index contributed by atoms with van der Waals surface area (Å²) in [6.45, 7) is 5.52. The summed E-state index contributed by atoms with van der Waals surface area (Å²) in [7, 11) is -3.15. The Kier molecular flexibility index (Phi) is 4.96. The Morgan fingerprint density at radius 3 is 2.31 bits per heavy atom. The monoisotopic (exact) mass is 204 g/mol. The molecular weight excluding hydrogens is 188 g/mol. The molecule has 0 aromatic carbocycles. The maximum atomic E-state index is 11.5. The Morgan fingerprint density at radius 1 is 1.46 bits per heavy atom. The van der Waals surface area contributed by atoms with Crippen molar-refractivity contribution in [3.63, 3.8) is 0 Å². The van der Waals surface area contributed by atoms with Gasteiger partial charge >= 0.3 is 0 Å². The summed E-state index contributed by atoms with van der Waals surface area (Å²) < 4.78 is 24.3. The number of hydrogen-bond acceptors (Lipinski definition) is 3. The molecule has 13 heavy (non-hydrogen) atoms. The van der Waals surface area contributed by atoms with Crippen molar-refractivity contribution in [1.82, 2.24) is 4.31 Å². The highest BCUT2D eigenvalue weighted by atomic mass is 32.2. The zero-order valence-corrected chi connectivity index (χ0v) is 9.13. The minimum absolute atomic E-state index is 0.0710. The quantitative estimate of drug-likeness (QED) is 0.670. The molecule has 76 valence electrons. The molecule has 0 fully saturated rings. The maximum absolute atomic E-state index is 11.5. The van der Waals surface area contributed by atoms with Gasteiger partial charge in [-0.15, -0.1) is 0 Å². The van der Waals surface area contributed by atoms with Crippen LogP contribution < -0.4 is 0 Å². The minimum atomic E-state index is -3.15. The highest BCUT2D eigenvalue weighted by molar-refractivity contribution is 7.89. The van der Waals surface area contributed by atoms with Crippen LogP contribution in [-0.4, -0.2) is 31.1 Å². The fraction of sp³-hybridized carbons (Fsp3) is 0.875. The van der Waals surface area contributed by atoms with E-state index in [-0.39, 0.29) is 18.2 Å². The molecule has 0 aromatic heterocycles. The van der Waals surface area contributed by atoms with Crippen molar-refractivity contribution in [2.45, 2.75) is 33.2 Å². The Hall–Kier alpha value is -0.600. The predicted octanol–water partition coefficient (Wildman–Crippen LogP) is 0.960. The van der Waals surface area contributed by atoms with E-state index in [1.165, 1.54) is 4.31 Å². The van der Waals surface area contributed by atoms with Crippen LogP contribution in [0, 0.1) is 11.3 Å². The first-order chi connectivity index (χ1) is 5.95. The van der Waals surface area contributed by atoms with Crippen LogP contribution in [0.25, 0.3) is 0 Å². The Morgan fingerprint density at radius 2 is 2.00 bits per heavy atom. The molecule has 0 aromatic rings. The van der Waals surface area contributed by atoms with E-state index in [0.717, 1.165) is 0 Å². The van der Waals surface area contributed by atoms with Gasteiger partial charge < -0.3 is 0 Å². The topological polar surface area (TPSA) is 61.2 Å². The SMILES string of the molecule is CCS(=O)(=O)N(CCC#N)C(C)C. The molecule has 0 atom stereocenters. The second-order valence-electron chi connectivity index (χ2n) is 3.01. The first kappa shape index (κ1) is 12.4. The van der Waals surface area contributed by atoms with Crippen LogP contribution in [-0.2, 0) is 10.0 Å². The van der Waals surface area contributed by atoms with Gasteiger partial charge in [0.15, 0.2) is 0 Å². The van der Waals surface area contributed by atoms with Crippen LogP contribution in [0.3, 0.4) is 0 Å². The van der Waals surface area contributed by atoms with Crippen molar-refractivity contribution in [2.24, 2.45) is 0 Å². The van der Waals surface area contributed by atoms with Gasteiger partial charge in [0.05, 0.1) is 11.8 Å². The Balaban J connectivity index is 4.54. The van der Waals surface area contributed by atoms with Crippen molar-refractivity contribution in [2.75, 3.05) is 12.3 Å². The molecule has 0 radical (unpaired) electrons. The second kappa shape index (κ2) is 5.20. The lowest BCUT2D eigenvalue weighted by Crippen LogP contribution is -2.38. The Labute approximate surface area is 80.2 Å².